The van der Waals surface area contributed by atoms with Crippen LogP contribution in [-0.4, -0.2) is 18.5 Å². The highest BCUT2D eigenvalue weighted by atomic mass is 16.5. The SMILES string of the molecule is O=C(COC1CCCCCC1)c1coc2ccccc12. The first-order valence-electron chi connectivity index (χ1n) is 7.45. The van der Waals surface area contributed by atoms with Crippen LogP contribution in [0.25, 0.3) is 11.0 Å². The zero-order valence-electron chi connectivity index (χ0n) is 11.6. The molecule has 0 aliphatic heterocycles. The fraction of sp³-hybridized carbons (Fsp3) is 0.471. The van der Waals surface area contributed by atoms with Crippen molar-refractivity contribution in [3.05, 3.63) is 36.1 Å². The predicted molar refractivity (Wildman–Crippen MR) is 78.0 cm³/mol. The molecule has 3 nitrogen and oxygen atoms in total. The Kier molecular flexibility index (Phi) is 4.16. The summed E-state index contributed by atoms with van der Waals surface area (Å²) < 4.78 is 11.2. The molecule has 0 atom stereocenters. The van der Waals surface area contributed by atoms with E-state index in [1.54, 1.807) is 6.26 Å². The van der Waals surface area contributed by atoms with E-state index in [9.17, 15) is 4.79 Å². The highest BCUT2D eigenvalue weighted by Crippen LogP contribution is 2.23. The summed E-state index contributed by atoms with van der Waals surface area (Å²) >= 11 is 0. The third kappa shape index (κ3) is 2.93. The van der Waals surface area contributed by atoms with Gasteiger partial charge in [0.05, 0.1) is 11.7 Å². The van der Waals surface area contributed by atoms with Gasteiger partial charge in [-0.2, -0.15) is 0 Å². The fourth-order valence-electron chi connectivity index (χ4n) is 2.87. The minimum atomic E-state index is 0.0131. The van der Waals surface area contributed by atoms with Crippen molar-refractivity contribution in [1.29, 1.82) is 0 Å². The molecule has 0 N–H and O–H groups in total. The van der Waals surface area contributed by atoms with Crippen LogP contribution in [0.15, 0.2) is 34.9 Å². The summed E-state index contributed by atoms with van der Waals surface area (Å²) in [6.07, 6.45) is 8.98. The molecule has 0 radical (unpaired) electrons. The molecule has 0 unspecified atom stereocenters. The first-order valence-corrected chi connectivity index (χ1v) is 7.45. The van der Waals surface area contributed by atoms with Crippen LogP contribution < -0.4 is 0 Å². The first kappa shape index (κ1) is 13.4. The molecule has 1 aliphatic carbocycles. The molecule has 3 heteroatoms. The fourth-order valence-corrected chi connectivity index (χ4v) is 2.87. The molecule has 0 bridgehead atoms. The van der Waals surface area contributed by atoms with E-state index < -0.39 is 0 Å². The van der Waals surface area contributed by atoms with Crippen LogP contribution in [0, 0.1) is 0 Å². The maximum absolute atomic E-state index is 12.3. The summed E-state index contributed by atoms with van der Waals surface area (Å²) in [6, 6.07) is 7.61. The van der Waals surface area contributed by atoms with E-state index in [-0.39, 0.29) is 18.5 Å². The lowest BCUT2D eigenvalue weighted by molar-refractivity contribution is 0.0389. The van der Waals surface area contributed by atoms with Crippen molar-refractivity contribution in [2.24, 2.45) is 0 Å². The zero-order chi connectivity index (χ0) is 13.8. The van der Waals surface area contributed by atoms with Gasteiger partial charge < -0.3 is 9.15 Å². The second kappa shape index (κ2) is 6.23. The number of ether oxygens (including phenoxy) is 1. The molecule has 1 aromatic heterocycles. The quantitative estimate of drug-likeness (QED) is 0.613. The number of carbonyl (C=O) groups is 1. The van der Waals surface area contributed by atoms with Gasteiger partial charge >= 0.3 is 0 Å². The number of rotatable bonds is 4. The van der Waals surface area contributed by atoms with Crippen molar-refractivity contribution in [2.75, 3.05) is 6.61 Å². The molecule has 106 valence electrons. The van der Waals surface area contributed by atoms with Gasteiger partial charge in [0.25, 0.3) is 0 Å². The Morgan fingerprint density at radius 1 is 1.15 bits per heavy atom. The lowest BCUT2D eigenvalue weighted by atomic mass is 10.1. The Bertz CT molecular complexity index is 577. The van der Waals surface area contributed by atoms with E-state index in [2.05, 4.69) is 0 Å². The van der Waals surface area contributed by atoms with Crippen LogP contribution in [0.5, 0.6) is 0 Å². The molecule has 2 aromatic rings. The average molecular weight is 272 g/mol. The van der Waals surface area contributed by atoms with Crippen molar-refractivity contribution < 1.29 is 13.9 Å². The summed E-state index contributed by atoms with van der Waals surface area (Å²) in [5.41, 5.74) is 1.39. The highest BCUT2D eigenvalue weighted by molar-refractivity contribution is 6.07. The van der Waals surface area contributed by atoms with Crippen LogP contribution in [0.1, 0.15) is 48.9 Å². The molecule has 1 heterocycles. The highest BCUT2D eigenvalue weighted by Gasteiger charge is 2.17. The number of ketones is 1. The summed E-state index contributed by atoms with van der Waals surface area (Å²) in [4.78, 5) is 12.3. The van der Waals surface area contributed by atoms with Crippen molar-refractivity contribution >= 4 is 16.8 Å². The van der Waals surface area contributed by atoms with Gasteiger partial charge in [-0.1, -0.05) is 43.9 Å². The topological polar surface area (TPSA) is 39.4 Å². The predicted octanol–water partition coefficient (Wildman–Crippen LogP) is 4.35. The molecule has 0 saturated heterocycles. The number of hydrogen-bond donors (Lipinski definition) is 0. The van der Waals surface area contributed by atoms with Crippen LogP contribution in [0.2, 0.25) is 0 Å². The van der Waals surface area contributed by atoms with E-state index in [1.807, 2.05) is 24.3 Å². The largest absolute Gasteiger partial charge is 0.464 e. The summed E-state index contributed by atoms with van der Waals surface area (Å²) in [7, 11) is 0. The number of carbonyl (C=O) groups excluding carboxylic acids is 1. The molecule has 0 amide bonds. The first-order chi connectivity index (χ1) is 9.84. The van der Waals surface area contributed by atoms with Gasteiger partial charge in [0.1, 0.15) is 18.5 Å². The van der Waals surface area contributed by atoms with Gasteiger partial charge in [0.2, 0.25) is 0 Å². The Morgan fingerprint density at radius 3 is 2.70 bits per heavy atom. The minimum absolute atomic E-state index is 0.0131. The van der Waals surface area contributed by atoms with Gasteiger partial charge in [-0.15, -0.1) is 0 Å². The lowest BCUT2D eigenvalue weighted by Gasteiger charge is -2.14. The van der Waals surface area contributed by atoms with E-state index in [0.717, 1.165) is 23.8 Å². The Hall–Kier alpha value is -1.61. The van der Waals surface area contributed by atoms with Gasteiger partial charge in [0, 0.05) is 5.39 Å². The lowest BCUT2D eigenvalue weighted by Crippen LogP contribution is -2.17. The van der Waals surface area contributed by atoms with Gasteiger partial charge in [-0.3, -0.25) is 4.79 Å². The van der Waals surface area contributed by atoms with Gasteiger partial charge in [0.15, 0.2) is 5.78 Å². The number of fused-ring (bicyclic) bond motifs is 1. The van der Waals surface area contributed by atoms with E-state index in [1.165, 1.54) is 25.7 Å². The van der Waals surface area contributed by atoms with E-state index >= 15 is 0 Å². The molecular formula is C17H20O3. The number of para-hydroxylation sites is 1. The van der Waals surface area contributed by atoms with E-state index in [0.29, 0.717) is 5.56 Å². The third-order valence-corrected chi connectivity index (χ3v) is 4.03. The number of benzene rings is 1. The summed E-state index contributed by atoms with van der Waals surface area (Å²) in [5, 5.41) is 0.877. The van der Waals surface area contributed by atoms with Crippen molar-refractivity contribution in [3.8, 4) is 0 Å². The molecule has 0 spiro atoms. The van der Waals surface area contributed by atoms with Crippen LogP contribution in [0.3, 0.4) is 0 Å². The maximum Gasteiger partial charge on any atom is 0.192 e. The number of Topliss-reactive ketones (excluding diaryl/α,β-unsaturated/α-hetero) is 1. The van der Waals surface area contributed by atoms with Crippen molar-refractivity contribution in [2.45, 2.75) is 44.6 Å². The molecule has 1 fully saturated rings. The average Bonchev–Trinajstić information content (AvgIpc) is 2.73. The van der Waals surface area contributed by atoms with Crippen LogP contribution >= 0.6 is 0 Å². The normalized spacial score (nSPS) is 17.2. The monoisotopic (exact) mass is 272 g/mol. The Balaban J connectivity index is 1.64. The Morgan fingerprint density at radius 2 is 1.90 bits per heavy atom. The van der Waals surface area contributed by atoms with Gasteiger partial charge in [-0.25, -0.2) is 0 Å². The molecular weight excluding hydrogens is 252 g/mol. The molecule has 1 aliphatic rings. The smallest absolute Gasteiger partial charge is 0.192 e. The molecule has 20 heavy (non-hydrogen) atoms. The second-order valence-corrected chi connectivity index (χ2v) is 5.49. The molecule has 3 rings (SSSR count). The maximum atomic E-state index is 12.3. The second-order valence-electron chi connectivity index (χ2n) is 5.49. The Labute approximate surface area is 118 Å². The van der Waals surface area contributed by atoms with Gasteiger partial charge in [-0.05, 0) is 18.9 Å². The number of furan rings is 1. The summed E-state index contributed by atoms with van der Waals surface area (Å²) in [5.74, 6) is 0.0131. The van der Waals surface area contributed by atoms with Crippen LogP contribution in [-0.2, 0) is 4.74 Å². The van der Waals surface area contributed by atoms with Crippen molar-refractivity contribution in [1.82, 2.24) is 0 Å². The zero-order valence-corrected chi connectivity index (χ0v) is 11.6. The standard InChI is InChI=1S/C17H20O3/c18-16(12-19-13-7-3-1-2-4-8-13)15-11-20-17-10-6-5-9-14(15)17/h5-6,9-11,13H,1-4,7-8,12H2. The molecule has 1 saturated carbocycles. The van der Waals surface area contributed by atoms with Crippen LogP contribution in [0.4, 0.5) is 0 Å². The van der Waals surface area contributed by atoms with Crippen molar-refractivity contribution in [3.63, 3.8) is 0 Å². The van der Waals surface area contributed by atoms with E-state index in [4.69, 9.17) is 9.15 Å². The third-order valence-electron chi connectivity index (χ3n) is 4.03. The minimum Gasteiger partial charge on any atom is -0.464 e. The number of hydrogen-bond acceptors (Lipinski definition) is 3. The summed E-state index contributed by atoms with van der Waals surface area (Å²) in [6.45, 7) is 0.161. The molecule has 1 aromatic carbocycles.